The van der Waals surface area contributed by atoms with E-state index < -0.39 is 12.1 Å². The molecular weight excluding hydrogens is 391 g/mol. The molecular formula is C17H13Cl3O5. The van der Waals surface area contributed by atoms with Crippen LogP contribution in [0.2, 0.25) is 15.1 Å². The minimum atomic E-state index is -0.844. The molecule has 0 bridgehead atoms. The Bertz CT molecular complexity index is 809. The number of carbonyl (C=O) groups excluding carboxylic acids is 1. The second-order valence-corrected chi connectivity index (χ2v) is 6.50. The lowest BCUT2D eigenvalue weighted by Crippen LogP contribution is -2.26. The fourth-order valence-electron chi connectivity index (χ4n) is 2.19. The third kappa shape index (κ3) is 4.24. The van der Waals surface area contributed by atoms with Gasteiger partial charge in [-0.25, -0.2) is 4.79 Å². The lowest BCUT2D eigenvalue weighted by Gasteiger charge is -2.15. The molecule has 25 heavy (non-hydrogen) atoms. The first-order chi connectivity index (χ1) is 11.9. The molecule has 5 nitrogen and oxygen atoms in total. The van der Waals surface area contributed by atoms with E-state index in [0.717, 1.165) is 0 Å². The number of halogens is 3. The van der Waals surface area contributed by atoms with Gasteiger partial charge in [-0.3, -0.25) is 0 Å². The van der Waals surface area contributed by atoms with E-state index in [-0.39, 0.29) is 13.4 Å². The summed E-state index contributed by atoms with van der Waals surface area (Å²) in [6, 6.07) is 8.11. The third-order valence-corrected chi connectivity index (χ3v) is 4.21. The molecule has 0 radical (unpaired) electrons. The van der Waals surface area contributed by atoms with Crippen molar-refractivity contribution >= 4 is 40.8 Å². The number of carbonyl (C=O) groups is 1. The predicted octanol–water partition coefficient (Wildman–Crippen LogP) is 4.89. The summed E-state index contributed by atoms with van der Waals surface area (Å²) in [5.41, 5.74) is 0.680. The molecule has 0 aliphatic carbocycles. The lowest BCUT2D eigenvalue weighted by molar-refractivity contribution is -0.152. The van der Waals surface area contributed by atoms with Gasteiger partial charge in [0, 0.05) is 5.02 Å². The van der Waals surface area contributed by atoms with Crippen LogP contribution in [0.15, 0.2) is 30.3 Å². The topological polar surface area (TPSA) is 54.0 Å². The summed E-state index contributed by atoms with van der Waals surface area (Å²) < 4.78 is 21.3. The van der Waals surface area contributed by atoms with Gasteiger partial charge in [-0.1, -0.05) is 34.8 Å². The van der Waals surface area contributed by atoms with Crippen molar-refractivity contribution in [2.45, 2.75) is 19.6 Å². The Morgan fingerprint density at radius 2 is 1.96 bits per heavy atom. The van der Waals surface area contributed by atoms with Gasteiger partial charge < -0.3 is 18.9 Å². The first kappa shape index (κ1) is 18.0. The molecule has 1 heterocycles. The maximum atomic E-state index is 12.1. The summed E-state index contributed by atoms with van der Waals surface area (Å²) >= 11 is 17.9. The number of esters is 1. The first-order valence-corrected chi connectivity index (χ1v) is 8.44. The number of hydrogen-bond acceptors (Lipinski definition) is 5. The van der Waals surface area contributed by atoms with Crippen molar-refractivity contribution in [2.75, 3.05) is 6.79 Å². The monoisotopic (exact) mass is 402 g/mol. The van der Waals surface area contributed by atoms with Gasteiger partial charge in [-0.05, 0) is 42.8 Å². The Morgan fingerprint density at radius 1 is 1.16 bits per heavy atom. The molecule has 1 atom stereocenters. The first-order valence-electron chi connectivity index (χ1n) is 7.30. The molecule has 0 saturated carbocycles. The highest BCUT2D eigenvalue weighted by Gasteiger charge is 2.21. The predicted molar refractivity (Wildman–Crippen MR) is 93.9 cm³/mol. The molecule has 8 heteroatoms. The Morgan fingerprint density at radius 3 is 2.72 bits per heavy atom. The van der Waals surface area contributed by atoms with Crippen molar-refractivity contribution < 1.29 is 23.7 Å². The van der Waals surface area contributed by atoms with E-state index in [0.29, 0.717) is 37.9 Å². The molecule has 132 valence electrons. The van der Waals surface area contributed by atoms with Gasteiger partial charge in [-0.2, -0.15) is 0 Å². The molecule has 3 rings (SSSR count). The van der Waals surface area contributed by atoms with E-state index in [1.54, 1.807) is 31.2 Å². The SMILES string of the molecule is C[C@@H](Oc1ccc(Cl)cc1Cl)C(=O)OCc1cc(Cl)c2c(c1)OCO2. The zero-order valence-corrected chi connectivity index (χ0v) is 15.3. The number of fused-ring (bicyclic) bond motifs is 1. The van der Waals surface area contributed by atoms with E-state index in [4.69, 9.17) is 53.8 Å². The Labute approximate surface area is 159 Å². The normalized spacial score (nSPS) is 13.4. The van der Waals surface area contributed by atoms with Crippen molar-refractivity contribution in [3.8, 4) is 17.2 Å². The van der Waals surface area contributed by atoms with E-state index in [1.807, 2.05) is 0 Å². The zero-order valence-electron chi connectivity index (χ0n) is 13.1. The smallest absolute Gasteiger partial charge is 0.347 e. The summed E-state index contributed by atoms with van der Waals surface area (Å²) in [7, 11) is 0. The van der Waals surface area contributed by atoms with Gasteiger partial charge in [0.15, 0.2) is 17.6 Å². The standard InChI is InChI=1S/C17H13Cl3O5/c1-9(25-14-3-2-11(18)6-12(14)19)17(21)22-7-10-4-13(20)16-15(5-10)23-8-24-16/h2-6,9H,7-8H2,1H3/t9-/m1/s1. The number of hydrogen-bond donors (Lipinski definition) is 0. The molecule has 0 N–H and O–H groups in total. The van der Waals surface area contributed by atoms with Crippen molar-refractivity contribution in [1.82, 2.24) is 0 Å². The summed E-state index contributed by atoms with van der Waals surface area (Å²) in [5, 5.41) is 1.19. The van der Waals surface area contributed by atoms with Gasteiger partial charge in [0.1, 0.15) is 12.4 Å². The second-order valence-electron chi connectivity index (χ2n) is 5.25. The van der Waals surface area contributed by atoms with Crippen LogP contribution in [0.25, 0.3) is 0 Å². The van der Waals surface area contributed by atoms with Crippen LogP contribution in [0.3, 0.4) is 0 Å². The number of benzene rings is 2. The Balaban J connectivity index is 1.59. The molecule has 0 saturated heterocycles. The molecule has 1 aliphatic rings. The lowest BCUT2D eigenvalue weighted by atomic mass is 10.2. The largest absolute Gasteiger partial charge is 0.477 e. The molecule has 0 amide bonds. The Hall–Kier alpha value is -1.82. The van der Waals surface area contributed by atoms with Crippen LogP contribution in [0.5, 0.6) is 17.2 Å². The van der Waals surface area contributed by atoms with Crippen molar-refractivity contribution in [3.05, 3.63) is 51.0 Å². The zero-order chi connectivity index (χ0) is 18.0. The van der Waals surface area contributed by atoms with Gasteiger partial charge in [-0.15, -0.1) is 0 Å². The van der Waals surface area contributed by atoms with E-state index in [2.05, 4.69) is 0 Å². The van der Waals surface area contributed by atoms with Crippen LogP contribution >= 0.6 is 34.8 Å². The average molecular weight is 404 g/mol. The van der Waals surface area contributed by atoms with Crippen molar-refractivity contribution in [2.24, 2.45) is 0 Å². The summed E-state index contributed by atoms with van der Waals surface area (Å²) in [6.07, 6.45) is -0.844. The van der Waals surface area contributed by atoms with Crippen molar-refractivity contribution in [1.29, 1.82) is 0 Å². The molecule has 0 spiro atoms. The van der Waals surface area contributed by atoms with E-state index in [9.17, 15) is 4.79 Å². The van der Waals surface area contributed by atoms with Crippen LogP contribution in [0.1, 0.15) is 12.5 Å². The second kappa shape index (κ2) is 7.60. The highest BCUT2D eigenvalue weighted by Crippen LogP contribution is 2.40. The van der Waals surface area contributed by atoms with Crippen LogP contribution in [0.4, 0.5) is 0 Å². The highest BCUT2D eigenvalue weighted by atomic mass is 35.5. The quantitative estimate of drug-likeness (QED) is 0.666. The minimum absolute atomic E-state index is 0.0250. The molecule has 0 fully saturated rings. The van der Waals surface area contributed by atoms with Crippen LogP contribution < -0.4 is 14.2 Å². The third-order valence-electron chi connectivity index (χ3n) is 3.40. The van der Waals surface area contributed by atoms with Gasteiger partial charge >= 0.3 is 5.97 Å². The van der Waals surface area contributed by atoms with E-state index in [1.165, 1.54) is 6.07 Å². The van der Waals surface area contributed by atoms with Crippen molar-refractivity contribution in [3.63, 3.8) is 0 Å². The van der Waals surface area contributed by atoms with Crippen LogP contribution in [-0.2, 0) is 16.1 Å². The fraction of sp³-hybridized carbons (Fsp3) is 0.235. The maximum absolute atomic E-state index is 12.1. The van der Waals surface area contributed by atoms with Crippen LogP contribution in [-0.4, -0.2) is 18.9 Å². The fourth-order valence-corrected chi connectivity index (χ4v) is 2.93. The summed E-state index contributed by atoms with van der Waals surface area (Å²) in [4.78, 5) is 12.1. The molecule has 2 aromatic carbocycles. The number of rotatable bonds is 5. The molecule has 0 unspecified atom stereocenters. The Kier molecular flexibility index (Phi) is 5.47. The number of ether oxygens (including phenoxy) is 4. The highest BCUT2D eigenvalue weighted by molar-refractivity contribution is 6.35. The molecule has 2 aromatic rings. The van der Waals surface area contributed by atoms with Crippen LogP contribution in [0, 0.1) is 0 Å². The van der Waals surface area contributed by atoms with Gasteiger partial charge in [0.05, 0.1) is 10.0 Å². The molecule has 0 aromatic heterocycles. The molecule has 1 aliphatic heterocycles. The maximum Gasteiger partial charge on any atom is 0.347 e. The van der Waals surface area contributed by atoms with Gasteiger partial charge in [0.25, 0.3) is 0 Å². The van der Waals surface area contributed by atoms with Gasteiger partial charge in [0.2, 0.25) is 6.79 Å². The summed E-state index contributed by atoms with van der Waals surface area (Å²) in [6.45, 7) is 1.71. The summed E-state index contributed by atoms with van der Waals surface area (Å²) in [5.74, 6) is 0.822. The van der Waals surface area contributed by atoms with E-state index >= 15 is 0 Å². The minimum Gasteiger partial charge on any atom is -0.477 e. The average Bonchev–Trinajstić information content (AvgIpc) is 3.04.